The second-order valence-corrected chi connectivity index (χ2v) is 8.28. The van der Waals surface area contributed by atoms with Gasteiger partial charge in [0, 0.05) is 30.1 Å². The van der Waals surface area contributed by atoms with Crippen molar-refractivity contribution in [2.45, 2.75) is 32.9 Å². The molecule has 8 heteroatoms. The number of nitrogens with zero attached hydrogens (tertiary/aromatic N) is 2. The zero-order valence-electron chi connectivity index (χ0n) is 19.0. The molecule has 172 valence electrons. The van der Waals surface area contributed by atoms with E-state index in [1.807, 2.05) is 30.3 Å². The maximum Gasteiger partial charge on any atom is 0.407 e. The van der Waals surface area contributed by atoms with Crippen LogP contribution in [0, 0.1) is 0 Å². The SMILES string of the molecule is CC(C)(C)OC(=O)NCc1ccc(C(=O)NCCOc2ncc(-c3ccccc3)cn2)cc1. The average molecular weight is 449 g/mol. The summed E-state index contributed by atoms with van der Waals surface area (Å²) < 4.78 is 10.7. The highest BCUT2D eigenvalue weighted by Gasteiger charge is 2.15. The van der Waals surface area contributed by atoms with E-state index in [2.05, 4.69) is 20.6 Å². The van der Waals surface area contributed by atoms with Gasteiger partial charge in [0.1, 0.15) is 12.2 Å². The number of alkyl carbamates (subject to hydrolysis) is 1. The number of nitrogens with one attached hydrogen (secondary N) is 2. The number of benzene rings is 2. The minimum Gasteiger partial charge on any atom is -0.462 e. The second kappa shape index (κ2) is 11.1. The molecule has 0 aliphatic rings. The summed E-state index contributed by atoms with van der Waals surface area (Å²) in [5.41, 5.74) is 2.76. The molecule has 0 aliphatic carbocycles. The molecule has 3 aromatic rings. The zero-order valence-corrected chi connectivity index (χ0v) is 19.0. The van der Waals surface area contributed by atoms with E-state index < -0.39 is 11.7 Å². The van der Waals surface area contributed by atoms with Gasteiger partial charge >= 0.3 is 12.1 Å². The lowest BCUT2D eigenvalue weighted by Gasteiger charge is -2.19. The molecule has 2 aromatic carbocycles. The fourth-order valence-corrected chi connectivity index (χ4v) is 2.84. The molecule has 0 bridgehead atoms. The van der Waals surface area contributed by atoms with Gasteiger partial charge in [0.25, 0.3) is 5.91 Å². The van der Waals surface area contributed by atoms with Crippen LogP contribution in [0.1, 0.15) is 36.7 Å². The van der Waals surface area contributed by atoms with Gasteiger partial charge in [-0.25, -0.2) is 14.8 Å². The molecule has 0 radical (unpaired) electrons. The van der Waals surface area contributed by atoms with Crippen molar-refractivity contribution in [3.63, 3.8) is 0 Å². The Hall–Kier alpha value is -3.94. The quantitative estimate of drug-likeness (QED) is 0.506. The molecule has 0 saturated heterocycles. The Morgan fingerprint density at radius 2 is 1.55 bits per heavy atom. The summed E-state index contributed by atoms with van der Waals surface area (Å²) in [5.74, 6) is -0.217. The predicted octanol–water partition coefficient (Wildman–Crippen LogP) is 3.98. The number of aromatic nitrogens is 2. The minimum absolute atomic E-state index is 0.217. The zero-order chi connectivity index (χ0) is 23.7. The van der Waals surface area contributed by atoms with E-state index in [9.17, 15) is 9.59 Å². The monoisotopic (exact) mass is 448 g/mol. The number of hydrogen-bond donors (Lipinski definition) is 2. The standard InChI is InChI=1S/C25H28N4O4/c1-25(2,3)33-24(31)29-15-18-9-11-20(12-10-18)22(30)26-13-14-32-23-27-16-21(17-28-23)19-7-5-4-6-8-19/h4-12,16-17H,13-15H2,1-3H3,(H,26,30)(H,29,31). The molecule has 8 nitrogen and oxygen atoms in total. The predicted molar refractivity (Wildman–Crippen MR) is 125 cm³/mol. The highest BCUT2D eigenvalue weighted by molar-refractivity contribution is 5.94. The fraction of sp³-hybridized carbons (Fsp3) is 0.280. The van der Waals surface area contributed by atoms with Crippen LogP contribution in [-0.2, 0) is 11.3 Å². The normalized spacial score (nSPS) is 10.9. The minimum atomic E-state index is -0.548. The summed E-state index contributed by atoms with van der Waals surface area (Å²) >= 11 is 0. The number of rotatable bonds is 8. The summed E-state index contributed by atoms with van der Waals surface area (Å²) in [6.07, 6.45) is 2.92. The molecular formula is C25H28N4O4. The van der Waals surface area contributed by atoms with E-state index in [1.165, 1.54) is 0 Å². The summed E-state index contributed by atoms with van der Waals surface area (Å²) in [4.78, 5) is 32.4. The number of carbonyl (C=O) groups excluding carboxylic acids is 2. The third-order valence-corrected chi connectivity index (χ3v) is 4.41. The van der Waals surface area contributed by atoms with Crippen LogP contribution in [-0.4, -0.2) is 40.7 Å². The average Bonchev–Trinajstić information content (AvgIpc) is 2.80. The van der Waals surface area contributed by atoms with Gasteiger partial charge in [-0.05, 0) is 44.0 Å². The highest BCUT2D eigenvalue weighted by atomic mass is 16.6. The lowest BCUT2D eigenvalue weighted by Crippen LogP contribution is -2.32. The smallest absolute Gasteiger partial charge is 0.407 e. The fourth-order valence-electron chi connectivity index (χ4n) is 2.84. The van der Waals surface area contributed by atoms with Gasteiger partial charge in [0.05, 0.1) is 6.54 Å². The largest absolute Gasteiger partial charge is 0.462 e. The molecule has 2 amide bonds. The first-order valence-corrected chi connectivity index (χ1v) is 10.6. The Kier molecular flexibility index (Phi) is 7.96. The van der Waals surface area contributed by atoms with E-state index in [4.69, 9.17) is 9.47 Å². The van der Waals surface area contributed by atoms with Gasteiger partial charge < -0.3 is 20.1 Å². The molecule has 3 rings (SSSR count). The van der Waals surface area contributed by atoms with Gasteiger partial charge in [-0.2, -0.15) is 0 Å². The molecule has 33 heavy (non-hydrogen) atoms. The van der Waals surface area contributed by atoms with Crippen LogP contribution in [0.5, 0.6) is 6.01 Å². The van der Waals surface area contributed by atoms with Gasteiger partial charge in [0.2, 0.25) is 0 Å². The van der Waals surface area contributed by atoms with Crippen molar-refractivity contribution >= 4 is 12.0 Å². The third kappa shape index (κ3) is 7.92. The molecular weight excluding hydrogens is 420 g/mol. The van der Waals surface area contributed by atoms with Crippen LogP contribution in [0.15, 0.2) is 67.0 Å². The molecule has 0 spiro atoms. The van der Waals surface area contributed by atoms with Gasteiger partial charge in [-0.3, -0.25) is 4.79 Å². The topological polar surface area (TPSA) is 102 Å². The first kappa shape index (κ1) is 23.7. The molecule has 1 heterocycles. The van der Waals surface area contributed by atoms with E-state index in [1.54, 1.807) is 57.4 Å². The van der Waals surface area contributed by atoms with Crippen molar-refractivity contribution in [1.29, 1.82) is 0 Å². The Bertz CT molecular complexity index is 1050. The van der Waals surface area contributed by atoms with E-state index in [0.717, 1.165) is 16.7 Å². The van der Waals surface area contributed by atoms with Crippen molar-refractivity contribution in [2.75, 3.05) is 13.2 Å². The highest BCUT2D eigenvalue weighted by Crippen LogP contribution is 2.17. The Labute approximate surface area is 193 Å². The summed E-state index contributed by atoms with van der Waals surface area (Å²) in [5, 5.41) is 5.48. The van der Waals surface area contributed by atoms with Crippen molar-refractivity contribution in [3.05, 3.63) is 78.1 Å². The van der Waals surface area contributed by atoms with Crippen molar-refractivity contribution in [1.82, 2.24) is 20.6 Å². The molecule has 0 saturated carbocycles. The summed E-state index contributed by atoms with van der Waals surface area (Å²) in [7, 11) is 0. The molecule has 0 atom stereocenters. The lowest BCUT2D eigenvalue weighted by molar-refractivity contribution is 0.0523. The Balaban J connectivity index is 1.38. The Morgan fingerprint density at radius 3 is 2.18 bits per heavy atom. The lowest BCUT2D eigenvalue weighted by atomic mass is 10.1. The van der Waals surface area contributed by atoms with Crippen LogP contribution >= 0.6 is 0 Å². The first-order chi connectivity index (χ1) is 15.8. The van der Waals surface area contributed by atoms with Crippen LogP contribution in [0.4, 0.5) is 4.79 Å². The van der Waals surface area contributed by atoms with Gasteiger partial charge in [-0.1, -0.05) is 42.5 Å². The molecule has 0 unspecified atom stereocenters. The van der Waals surface area contributed by atoms with E-state index in [-0.39, 0.29) is 18.5 Å². The third-order valence-electron chi connectivity index (χ3n) is 4.41. The first-order valence-electron chi connectivity index (χ1n) is 10.6. The number of hydrogen-bond acceptors (Lipinski definition) is 6. The van der Waals surface area contributed by atoms with Crippen LogP contribution in [0.25, 0.3) is 11.1 Å². The van der Waals surface area contributed by atoms with Crippen LogP contribution in [0.2, 0.25) is 0 Å². The molecule has 2 N–H and O–H groups in total. The second-order valence-electron chi connectivity index (χ2n) is 8.28. The maximum atomic E-state index is 12.3. The molecule has 1 aromatic heterocycles. The van der Waals surface area contributed by atoms with E-state index in [0.29, 0.717) is 18.7 Å². The van der Waals surface area contributed by atoms with Gasteiger partial charge in [-0.15, -0.1) is 0 Å². The van der Waals surface area contributed by atoms with Crippen LogP contribution < -0.4 is 15.4 Å². The number of amides is 2. The van der Waals surface area contributed by atoms with Gasteiger partial charge in [0.15, 0.2) is 0 Å². The summed E-state index contributed by atoms with van der Waals surface area (Å²) in [6.45, 7) is 6.28. The number of ether oxygens (including phenoxy) is 2. The molecule has 0 fully saturated rings. The molecule has 0 aliphatic heterocycles. The van der Waals surface area contributed by atoms with E-state index >= 15 is 0 Å². The summed E-state index contributed by atoms with van der Waals surface area (Å²) in [6, 6.07) is 17.1. The number of carbonyl (C=O) groups is 2. The van der Waals surface area contributed by atoms with Crippen molar-refractivity contribution in [2.24, 2.45) is 0 Å². The Morgan fingerprint density at radius 1 is 0.879 bits per heavy atom. The van der Waals surface area contributed by atoms with Crippen molar-refractivity contribution in [3.8, 4) is 17.1 Å². The van der Waals surface area contributed by atoms with Crippen LogP contribution in [0.3, 0.4) is 0 Å². The maximum absolute atomic E-state index is 12.3. The van der Waals surface area contributed by atoms with Crippen molar-refractivity contribution < 1.29 is 19.1 Å².